The van der Waals surface area contributed by atoms with Crippen molar-refractivity contribution in [3.8, 4) is 0 Å². The van der Waals surface area contributed by atoms with Crippen molar-refractivity contribution in [1.29, 1.82) is 0 Å². The Bertz CT molecular complexity index is 607. The lowest BCUT2D eigenvalue weighted by atomic mass is 10.2. The number of nitrogens with one attached hydrogen (secondary N) is 2. The molecule has 0 unspecified atom stereocenters. The minimum absolute atomic E-state index is 0.184. The van der Waals surface area contributed by atoms with Crippen LogP contribution in [0.2, 0.25) is 0 Å². The van der Waals surface area contributed by atoms with E-state index in [2.05, 4.69) is 15.5 Å². The molecule has 1 heterocycles. The molecule has 21 heavy (non-hydrogen) atoms. The summed E-state index contributed by atoms with van der Waals surface area (Å²) in [5.41, 5.74) is 7.55. The zero-order valence-corrected chi connectivity index (χ0v) is 12.5. The van der Waals surface area contributed by atoms with Crippen LogP contribution in [0, 0.1) is 0 Å². The lowest BCUT2D eigenvalue weighted by Crippen LogP contribution is -2.25. The Hall–Kier alpha value is -2.08. The Morgan fingerprint density at radius 3 is 3.00 bits per heavy atom. The van der Waals surface area contributed by atoms with Gasteiger partial charge in [-0.2, -0.15) is 5.10 Å². The third kappa shape index (κ3) is 4.19. The number of unbranched alkanes of at least 4 members (excludes halogenated alkanes) is 1. The van der Waals surface area contributed by atoms with Crippen molar-refractivity contribution in [2.75, 3.05) is 18.9 Å². The van der Waals surface area contributed by atoms with Gasteiger partial charge in [-0.25, -0.2) is 0 Å². The number of rotatable bonds is 7. The predicted octanol–water partition coefficient (Wildman–Crippen LogP) is 2.08. The molecular weight excluding hydrogens is 268 g/mol. The maximum Gasteiger partial charge on any atom is 0.272 e. The van der Waals surface area contributed by atoms with E-state index in [9.17, 15) is 4.79 Å². The van der Waals surface area contributed by atoms with Crippen LogP contribution in [-0.2, 0) is 4.74 Å². The smallest absolute Gasteiger partial charge is 0.272 e. The Morgan fingerprint density at radius 2 is 2.24 bits per heavy atom. The number of aromatic amines is 1. The SMILES string of the molecule is CC(C)OCCCCNC(=O)c1n[nH]c2ccc(N)cc12. The fourth-order valence-corrected chi connectivity index (χ4v) is 2.04. The summed E-state index contributed by atoms with van der Waals surface area (Å²) in [6.45, 7) is 5.35. The van der Waals surface area contributed by atoms with E-state index in [4.69, 9.17) is 10.5 Å². The largest absolute Gasteiger partial charge is 0.399 e. The van der Waals surface area contributed by atoms with Crippen LogP contribution in [0.1, 0.15) is 37.2 Å². The lowest BCUT2D eigenvalue weighted by Gasteiger charge is -2.07. The lowest BCUT2D eigenvalue weighted by molar-refractivity contribution is 0.0754. The summed E-state index contributed by atoms with van der Waals surface area (Å²) in [7, 11) is 0. The summed E-state index contributed by atoms with van der Waals surface area (Å²) in [5, 5.41) is 10.5. The Kier molecular flexibility index (Phi) is 5.16. The van der Waals surface area contributed by atoms with Gasteiger partial charge in [0, 0.05) is 24.2 Å². The van der Waals surface area contributed by atoms with Crippen LogP contribution in [0.4, 0.5) is 5.69 Å². The first kappa shape index (κ1) is 15.3. The maximum atomic E-state index is 12.1. The highest BCUT2D eigenvalue weighted by Crippen LogP contribution is 2.18. The molecule has 6 heteroatoms. The third-order valence-electron chi connectivity index (χ3n) is 3.11. The van der Waals surface area contributed by atoms with E-state index in [1.54, 1.807) is 12.1 Å². The molecule has 1 aromatic heterocycles. The minimum Gasteiger partial charge on any atom is -0.399 e. The number of fused-ring (bicyclic) bond motifs is 1. The fourth-order valence-electron chi connectivity index (χ4n) is 2.04. The van der Waals surface area contributed by atoms with Gasteiger partial charge in [0.25, 0.3) is 5.91 Å². The topological polar surface area (TPSA) is 93.0 Å². The first-order valence-corrected chi connectivity index (χ1v) is 7.21. The number of H-pyrrole nitrogens is 1. The second kappa shape index (κ2) is 7.08. The molecule has 1 aromatic carbocycles. The summed E-state index contributed by atoms with van der Waals surface area (Å²) in [6, 6.07) is 5.35. The molecule has 114 valence electrons. The number of amides is 1. The van der Waals surface area contributed by atoms with E-state index in [-0.39, 0.29) is 12.0 Å². The number of hydrogen-bond donors (Lipinski definition) is 3. The molecule has 2 rings (SSSR count). The quantitative estimate of drug-likeness (QED) is 0.537. The summed E-state index contributed by atoms with van der Waals surface area (Å²) < 4.78 is 5.45. The first-order valence-electron chi connectivity index (χ1n) is 7.21. The van der Waals surface area contributed by atoms with Gasteiger partial charge < -0.3 is 15.8 Å². The highest BCUT2D eigenvalue weighted by Gasteiger charge is 2.13. The monoisotopic (exact) mass is 290 g/mol. The molecule has 0 fully saturated rings. The standard InChI is InChI=1S/C15H22N4O2/c1-10(2)21-8-4-3-7-17-15(20)14-12-9-11(16)5-6-13(12)18-19-14/h5-6,9-10H,3-4,7-8,16H2,1-2H3,(H,17,20)(H,18,19). The Morgan fingerprint density at radius 1 is 1.43 bits per heavy atom. The summed E-state index contributed by atoms with van der Waals surface area (Å²) in [4.78, 5) is 12.1. The van der Waals surface area contributed by atoms with Gasteiger partial charge in [-0.3, -0.25) is 9.89 Å². The average molecular weight is 290 g/mol. The number of anilines is 1. The van der Waals surface area contributed by atoms with Crippen LogP contribution in [0.3, 0.4) is 0 Å². The summed E-state index contributed by atoms with van der Waals surface area (Å²) in [6.07, 6.45) is 2.05. The van der Waals surface area contributed by atoms with Crippen molar-refractivity contribution < 1.29 is 9.53 Å². The van der Waals surface area contributed by atoms with E-state index in [1.807, 2.05) is 19.9 Å². The van der Waals surface area contributed by atoms with E-state index >= 15 is 0 Å². The van der Waals surface area contributed by atoms with Crippen molar-refractivity contribution in [3.63, 3.8) is 0 Å². The van der Waals surface area contributed by atoms with Crippen LogP contribution in [-0.4, -0.2) is 35.4 Å². The van der Waals surface area contributed by atoms with E-state index in [0.717, 1.165) is 30.4 Å². The van der Waals surface area contributed by atoms with Gasteiger partial charge in [0.1, 0.15) is 0 Å². The van der Waals surface area contributed by atoms with Gasteiger partial charge in [-0.1, -0.05) is 0 Å². The van der Waals surface area contributed by atoms with Gasteiger partial charge in [0.05, 0.1) is 11.6 Å². The second-order valence-corrected chi connectivity index (χ2v) is 5.26. The van der Waals surface area contributed by atoms with Crippen molar-refractivity contribution in [2.24, 2.45) is 0 Å². The van der Waals surface area contributed by atoms with Crippen molar-refractivity contribution in [2.45, 2.75) is 32.8 Å². The van der Waals surface area contributed by atoms with Crippen molar-refractivity contribution in [3.05, 3.63) is 23.9 Å². The molecule has 0 atom stereocenters. The number of nitrogens with zero attached hydrogens (tertiary/aromatic N) is 1. The zero-order valence-electron chi connectivity index (χ0n) is 12.5. The van der Waals surface area contributed by atoms with Crippen molar-refractivity contribution >= 4 is 22.5 Å². The molecule has 0 aliphatic heterocycles. The minimum atomic E-state index is -0.184. The highest BCUT2D eigenvalue weighted by atomic mass is 16.5. The molecule has 0 spiro atoms. The molecule has 0 saturated heterocycles. The molecule has 0 aliphatic carbocycles. The molecule has 0 bridgehead atoms. The Balaban J connectivity index is 1.84. The number of carbonyl (C=O) groups excluding carboxylic acids is 1. The third-order valence-corrected chi connectivity index (χ3v) is 3.11. The van der Waals surface area contributed by atoms with E-state index < -0.39 is 0 Å². The van der Waals surface area contributed by atoms with Crippen LogP contribution >= 0.6 is 0 Å². The van der Waals surface area contributed by atoms with E-state index in [0.29, 0.717) is 17.9 Å². The van der Waals surface area contributed by atoms with Crippen LogP contribution in [0.15, 0.2) is 18.2 Å². The van der Waals surface area contributed by atoms with Gasteiger partial charge in [-0.15, -0.1) is 0 Å². The summed E-state index contributed by atoms with van der Waals surface area (Å²) in [5.74, 6) is -0.184. The van der Waals surface area contributed by atoms with Crippen molar-refractivity contribution in [1.82, 2.24) is 15.5 Å². The van der Waals surface area contributed by atoms with Gasteiger partial charge in [0.2, 0.25) is 0 Å². The number of carbonyl (C=O) groups is 1. The fraction of sp³-hybridized carbons (Fsp3) is 0.467. The molecule has 4 N–H and O–H groups in total. The normalized spacial score (nSPS) is 11.2. The first-order chi connectivity index (χ1) is 10.1. The molecule has 0 aliphatic rings. The second-order valence-electron chi connectivity index (χ2n) is 5.26. The van der Waals surface area contributed by atoms with Crippen LogP contribution in [0.25, 0.3) is 10.9 Å². The maximum absolute atomic E-state index is 12.1. The highest BCUT2D eigenvalue weighted by molar-refractivity contribution is 6.05. The van der Waals surface area contributed by atoms with Gasteiger partial charge in [-0.05, 0) is 44.9 Å². The summed E-state index contributed by atoms with van der Waals surface area (Å²) >= 11 is 0. The molecule has 2 aromatic rings. The number of nitrogens with two attached hydrogens (primary N) is 1. The molecule has 1 amide bonds. The van der Waals surface area contributed by atoms with Crippen LogP contribution < -0.4 is 11.1 Å². The number of aromatic nitrogens is 2. The molecular formula is C15H22N4O2. The van der Waals surface area contributed by atoms with E-state index in [1.165, 1.54) is 0 Å². The van der Waals surface area contributed by atoms with Gasteiger partial charge >= 0.3 is 0 Å². The Labute approximate surface area is 124 Å². The molecule has 0 saturated carbocycles. The predicted molar refractivity (Wildman–Crippen MR) is 83.2 cm³/mol. The molecule has 0 radical (unpaired) electrons. The number of ether oxygens (including phenoxy) is 1. The number of benzene rings is 1. The number of nitrogen functional groups attached to an aromatic ring is 1. The van der Waals surface area contributed by atoms with Gasteiger partial charge in [0.15, 0.2) is 5.69 Å². The molecule has 6 nitrogen and oxygen atoms in total. The zero-order chi connectivity index (χ0) is 15.2. The van der Waals surface area contributed by atoms with Crippen LogP contribution in [0.5, 0.6) is 0 Å². The number of hydrogen-bond acceptors (Lipinski definition) is 4. The average Bonchev–Trinajstić information content (AvgIpc) is 2.85.